The molecule has 0 heterocycles. The number of hydrogen-bond donors (Lipinski definition) is 2. The number of nitrogens with zero attached hydrogens (tertiary/aromatic N) is 1. The maximum Gasteiger partial charge on any atom is 0.323 e. The summed E-state index contributed by atoms with van der Waals surface area (Å²) in [6, 6.07) is 13.4. The van der Waals surface area contributed by atoms with Crippen molar-refractivity contribution in [2.45, 2.75) is 20.8 Å². The molecule has 2 N–H and O–H groups in total. The molecule has 0 aliphatic heterocycles. The maximum atomic E-state index is 12.1. The van der Waals surface area contributed by atoms with E-state index in [1.807, 2.05) is 49.4 Å². The molecule has 0 saturated carbocycles. The summed E-state index contributed by atoms with van der Waals surface area (Å²) in [6.07, 6.45) is 0. The molecule has 0 fully saturated rings. The minimum Gasteiger partial charge on any atom is -0.372 e. The zero-order chi connectivity index (χ0) is 16.8. The van der Waals surface area contributed by atoms with Gasteiger partial charge in [-0.05, 0) is 68.8 Å². The second-order valence-corrected chi connectivity index (χ2v) is 6.17. The smallest absolute Gasteiger partial charge is 0.323 e. The highest BCUT2D eigenvalue weighted by atomic mass is 79.9. The third-order valence-electron chi connectivity index (χ3n) is 3.69. The van der Waals surface area contributed by atoms with Gasteiger partial charge in [0.05, 0.1) is 0 Å². The fourth-order valence-corrected chi connectivity index (χ4v) is 2.87. The van der Waals surface area contributed by atoms with Crippen LogP contribution in [-0.2, 0) is 0 Å². The molecule has 0 bridgehead atoms. The molecule has 0 atom stereocenters. The molecular formula is C18H22BrN3O. The lowest BCUT2D eigenvalue weighted by Gasteiger charge is -2.21. The SMILES string of the molecule is CCN(CC)c1ccc(NC(=O)Nc2ccc(Br)cc2C)cc1. The Hall–Kier alpha value is -2.01. The number of anilines is 3. The molecule has 23 heavy (non-hydrogen) atoms. The lowest BCUT2D eigenvalue weighted by molar-refractivity contribution is 0.262. The Morgan fingerprint density at radius 1 is 1.04 bits per heavy atom. The summed E-state index contributed by atoms with van der Waals surface area (Å²) >= 11 is 3.41. The Balaban J connectivity index is 2.00. The van der Waals surface area contributed by atoms with Crippen LogP contribution in [0.5, 0.6) is 0 Å². The largest absolute Gasteiger partial charge is 0.372 e. The first kappa shape index (κ1) is 17.3. The predicted molar refractivity (Wildman–Crippen MR) is 102 cm³/mol. The highest BCUT2D eigenvalue weighted by Gasteiger charge is 2.06. The molecule has 0 aliphatic carbocycles. The van der Waals surface area contributed by atoms with Gasteiger partial charge in [0.15, 0.2) is 0 Å². The van der Waals surface area contributed by atoms with Crippen molar-refractivity contribution in [1.82, 2.24) is 0 Å². The topological polar surface area (TPSA) is 44.4 Å². The van der Waals surface area contributed by atoms with Gasteiger partial charge in [0.25, 0.3) is 0 Å². The van der Waals surface area contributed by atoms with Crippen LogP contribution in [0, 0.1) is 6.92 Å². The van der Waals surface area contributed by atoms with Gasteiger partial charge in [-0.25, -0.2) is 4.79 Å². The quantitative estimate of drug-likeness (QED) is 0.749. The summed E-state index contributed by atoms with van der Waals surface area (Å²) in [7, 11) is 0. The van der Waals surface area contributed by atoms with Crippen LogP contribution < -0.4 is 15.5 Å². The lowest BCUT2D eigenvalue weighted by atomic mass is 10.2. The number of carbonyl (C=O) groups excluding carboxylic acids is 1. The van der Waals surface area contributed by atoms with Gasteiger partial charge < -0.3 is 15.5 Å². The molecule has 0 aromatic heterocycles. The van der Waals surface area contributed by atoms with Crippen molar-refractivity contribution in [3.63, 3.8) is 0 Å². The molecule has 2 aromatic carbocycles. The number of halogens is 1. The van der Waals surface area contributed by atoms with Gasteiger partial charge in [0, 0.05) is 34.6 Å². The Morgan fingerprint density at radius 3 is 2.26 bits per heavy atom. The molecule has 0 unspecified atom stereocenters. The molecule has 122 valence electrons. The summed E-state index contributed by atoms with van der Waals surface area (Å²) in [5, 5.41) is 5.72. The molecule has 0 radical (unpaired) electrons. The summed E-state index contributed by atoms with van der Waals surface area (Å²) in [4.78, 5) is 14.4. The Labute approximate surface area is 146 Å². The van der Waals surface area contributed by atoms with Gasteiger partial charge in [-0.1, -0.05) is 15.9 Å². The third kappa shape index (κ3) is 4.73. The second kappa shape index (κ2) is 8.02. The van der Waals surface area contributed by atoms with Gasteiger partial charge in [-0.15, -0.1) is 0 Å². The molecule has 4 nitrogen and oxygen atoms in total. The van der Waals surface area contributed by atoms with Crippen LogP contribution >= 0.6 is 15.9 Å². The normalized spacial score (nSPS) is 10.3. The Morgan fingerprint density at radius 2 is 1.70 bits per heavy atom. The molecule has 2 amide bonds. The van der Waals surface area contributed by atoms with Gasteiger partial charge in [-0.3, -0.25) is 0 Å². The van der Waals surface area contributed by atoms with Crippen LogP contribution in [0.2, 0.25) is 0 Å². The van der Waals surface area contributed by atoms with E-state index in [-0.39, 0.29) is 6.03 Å². The highest BCUT2D eigenvalue weighted by Crippen LogP contribution is 2.21. The first-order chi connectivity index (χ1) is 11.0. The molecule has 5 heteroatoms. The molecule has 0 spiro atoms. The number of aryl methyl sites for hydroxylation is 1. The zero-order valence-electron chi connectivity index (χ0n) is 13.7. The Bertz CT molecular complexity index is 666. The fourth-order valence-electron chi connectivity index (χ4n) is 2.40. The van der Waals surface area contributed by atoms with Crippen LogP contribution in [-0.4, -0.2) is 19.1 Å². The lowest BCUT2D eigenvalue weighted by Crippen LogP contribution is -2.22. The molecule has 2 rings (SSSR count). The van der Waals surface area contributed by atoms with E-state index in [0.29, 0.717) is 0 Å². The maximum absolute atomic E-state index is 12.1. The Kier molecular flexibility index (Phi) is 6.04. The van der Waals surface area contributed by atoms with Gasteiger partial charge >= 0.3 is 6.03 Å². The van der Waals surface area contributed by atoms with E-state index in [1.165, 1.54) is 0 Å². The number of urea groups is 1. The number of amides is 2. The minimum absolute atomic E-state index is 0.244. The van der Waals surface area contributed by atoms with E-state index in [0.717, 1.165) is 40.2 Å². The fraction of sp³-hybridized carbons (Fsp3) is 0.278. The van der Waals surface area contributed by atoms with Gasteiger partial charge in [-0.2, -0.15) is 0 Å². The highest BCUT2D eigenvalue weighted by molar-refractivity contribution is 9.10. The predicted octanol–water partition coefficient (Wildman–Crippen LogP) is 5.25. The average molecular weight is 376 g/mol. The molecular weight excluding hydrogens is 354 g/mol. The first-order valence-corrected chi connectivity index (χ1v) is 8.52. The van der Waals surface area contributed by atoms with E-state index in [2.05, 4.69) is 45.3 Å². The summed E-state index contributed by atoms with van der Waals surface area (Å²) in [5.41, 5.74) is 3.73. The van der Waals surface area contributed by atoms with Crippen molar-refractivity contribution in [1.29, 1.82) is 0 Å². The van der Waals surface area contributed by atoms with Crippen LogP contribution in [0.3, 0.4) is 0 Å². The van der Waals surface area contributed by atoms with Crippen molar-refractivity contribution >= 4 is 39.0 Å². The van der Waals surface area contributed by atoms with Crippen molar-refractivity contribution in [3.05, 3.63) is 52.5 Å². The summed E-state index contributed by atoms with van der Waals surface area (Å²) in [5.74, 6) is 0. The molecule has 0 saturated heterocycles. The van der Waals surface area contributed by atoms with Gasteiger partial charge in [0.1, 0.15) is 0 Å². The van der Waals surface area contributed by atoms with Crippen molar-refractivity contribution in [2.75, 3.05) is 28.6 Å². The summed E-state index contributed by atoms with van der Waals surface area (Å²) in [6.45, 7) is 8.14. The molecule has 0 aliphatic rings. The summed E-state index contributed by atoms with van der Waals surface area (Å²) < 4.78 is 0.993. The monoisotopic (exact) mass is 375 g/mol. The van der Waals surface area contributed by atoms with E-state index in [1.54, 1.807) is 0 Å². The number of nitrogens with one attached hydrogen (secondary N) is 2. The number of benzene rings is 2. The van der Waals surface area contributed by atoms with Crippen LogP contribution in [0.25, 0.3) is 0 Å². The van der Waals surface area contributed by atoms with Crippen molar-refractivity contribution < 1.29 is 4.79 Å². The van der Waals surface area contributed by atoms with E-state index in [4.69, 9.17) is 0 Å². The number of hydrogen-bond acceptors (Lipinski definition) is 2. The average Bonchev–Trinajstić information content (AvgIpc) is 2.53. The van der Waals surface area contributed by atoms with Crippen LogP contribution in [0.1, 0.15) is 19.4 Å². The third-order valence-corrected chi connectivity index (χ3v) is 4.18. The van der Waals surface area contributed by atoms with Gasteiger partial charge in [0.2, 0.25) is 0 Å². The second-order valence-electron chi connectivity index (χ2n) is 5.26. The van der Waals surface area contributed by atoms with Crippen molar-refractivity contribution in [2.24, 2.45) is 0 Å². The minimum atomic E-state index is -0.244. The van der Waals surface area contributed by atoms with Crippen molar-refractivity contribution in [3.8, 4) is 0 Å². The standard InChI is InChI=1S/C18H22BrN3O/c1-4-22(5-2)16-9-7-15(8-10-16)20-18(23)21-17-11-6-14(19)12-13(17)3/h6-12H,4-5H2,1-3H3,(H2,20,21,23). The van der Waals surface area contributed by atoms with E-state index in [9.17, 15) is 4.79 Å². The number of rotatable bonds is 5. The van der Waals surface area contributed by atoms with E-state index >= 15 is 0 Å². The molecule has 2 aromatic rings. The zero-order valence-corrected chi connectivity index (χ0v) is 15.3. The number of carbonyl (C=O) groups is 1. The van der Waals surface area contributed by atoms with E-state index < -0.39 is 0 Å². The first-order valence-electron chi connectivity index (χ1n) is 7.72. The van der Waals surface area contributed by atoms with Crippen LogP contribution in [0.15, 0.2) is 46.9 Å². The van der Waals surface area contributed by atoms with Crippen LogP contribution in [0.4, 0.5) is 21.9 Å².